The zero-order valence-electron chi connectivity index (χ0n) is 10.9. The second-order valence-electron chi connectivity index (χ2n) is 5.09. The molecule has 1 fully saturated rings. The molecule has 0 N–H and O–H groups in total. The van der Waals surface area contributed by atoms with Crippen molar-refractivity contribution in [3.8, 4) is 0 Å². The summed E-state index contributed by atoms with van der Waals surface area (Å²) in [7, 11) is 1.15. The Balaban J connectivity index is 1.72. The smallest absolute Gasteiger partial charge is 0.183 e. The first kappa shape index (κ1) is 13.1. The highest BCUT2D eigenvalue weighted by Gasteiger charge is 2.21. The van der Waals surface area contributed by atoms with Gasteiger partial charge in [-0.3, -0.25) is 4.21 Å². The number of piperidine rings is 1. The number of pyridine rings is 1. The zero-order valence-corrected chi connectivity index (χ0v) is 12.5. The number of nitrogens with zero attached hydrogens (tertiary/aromatic N) is 3. The van der Waals surface area contributed by atoms with Crippen molar-refractivity contribution in [2.24, 2.45) is 5.92 Å². The standard InChI is InChI=1S/C13H17N3OS2/c1-16-7-3-4-10(8-16)9-19(17)13-15-11-5-2-6-14-12(11)18-13/h2,5-6,10H,3-4,7-9H2,1H3. The van der Waals surface area contributed by atoms with E-state index in [9.17, 15) is 4.21 Å². The molecule has 4 nitrogen and oxygen atoms in total. The molecule has 0 bridgehead atoms. The molecule has 3 heterocycles. The van der Waals surface area contributed by atoms with Crippen LogP contribution in [0.1, 0.15) is 12.8 Å². The molecule has 1 aliphatic rings. The summed E-state index contributed by atoms with van der Waals surface area (Å²) >= 11 is 1.46. The van der Waals surface area contributed by atoms with Crippen LogP contribution in [0.25, 0.3) is 10.3 Å². The van der Waals surface area contributed by atoms with E-state index in [1.165, 1.54) is 24.2 Å². The van der Waals surface area contributed by atoms with Crippen LogP contribution in [0, 0.1) is 5.92 Å². The van der Waals surface area contributed by atoms with Gasteiger partial charge < -0.3 is 4.90 Å². The third kappa shape index (κ3) is 3.01. The minimum Gasteiger partial charge on any atom is -0.306 e. The first-order chi connectivity index (χ1) is 9.22. The van der Waals surface area contributed by atoms with Crippen LogP contribution < -0.4 is 0 Å². The molecule has 3 rings (SSSR count). The Morgan fingerprint density at radius 1 is 1.58 bits per heavy atom. The van der Waals surface area contributed by atoms with Crippen LogP contribution in [0.5, 0.6) is 0 Å². The molecule has 2 unspecified atom stereocenters. The Bertz CT molecular complexity index is 565. The maximum atomic E-state index is 12.4. The molecule has 0 radical (unpaired) electrons. The summed E-state index contributed by atoms with van der Waals surface area (Å²) in [6, 6.07) is 3.79. The van der Waals surface area contributed by atoms with Gasteiger partial charge in [-0.05, 0) is 44.5 Å². The normalized spacial score (nSPS) is 22.7. The minimum absolute atomic E-state index is 0.527. The van der Waals surface area contributed by atoms with E-state index in [0.29, 0.717) is 5.92 Å². The predicted molar refractivity (Wildman–Crippen MR) is 78.9 cm³/mol. The molecule has 19 heavy (non-hydrogen) atoms. The maximum absolute atomic E-state index is 12.4. The van der Waals surface area contributed by atoms with E-state index in [0.717, 1.165) is 33.5 Å². The van der Waals surface area contributed by atoms with Crippen LogP contribution in [0.3, 0.4) is 0 Å². The topological polar surface area (TPSA) is 46.1 Å². The molecular weight excluding hydrogens is 278 g/mol. The van der Waals surface area contributed by atoms with E-state index in [-0.39, 0.29) is 0 Å². The van der Waals surface area contributed by atoms with Crippen molar-refractivity contribution >= 4 is 32.5 Å². The summed E-state index contributed by atoms with van der Waals surface area (Å²) in [5.41, 5.74) is 0.858. The fourth-order valence-electron chi connectivity index (χ4n) is 2.54. The summed E-state index contributed by atoms with van der Waals surface area (Å²) in [5, 5.41) is 0. The number of thiazole rings is 1. The lowest BCUT2D eigenvalue weighted by Gasteiger charge is -2.28. The zero-order chi connectivity index (χ0) is 13.2. The first-order valence-corrected chi connectivity index (χ1v) is 8.64. The third-order valence-corrected chi connectivity index (χ3v) is 6.29. The van der Waals surface area contributed by atoms with Crippen molar-refractivity contribution in [2.45, 2.75) is 17.2 Å². The van der Waals surface area contributed by atoms with Crippen molar-refractivity contribution in [3.05, 3.63) is 18.3 Å². The number of rotatable bonds is 3. The molecule has 2 aromatic rings. The van der Waals surface area contributed by atoms with E-state index >= 15 is 0 Å². The molecule has 102 valence electrons. The van der Waals surface area contributed by atoms with Crippen LogP contribution in [-0.4, -0.2) is 45.0 Å². The molecule has 2 atom stereocenters. The lowest BCUT2D eigenvalue weighted by Crippen LogP contribution is -2.34. The van der Waals surface area contributed by atoms with Gasteiger partial charge in [0.2, 0.25) is 0 Å². The van der Waals surface area contributed by atoms with Gasteiger partial charge in [-0.15, -0.1) is 0 Å². The number of fused-ring (bicyclic) bond motifs is 1. The minimum atomic E-state index is -0.988. The van der Waals surface area contributed by atoms with Gasteiger partial charge >= 0.3 is 0 Å². The third-order valence-electron chi connectivity index (χ3n) is 3.45. The summed E-state index contributed by atoms with van der Waals surface area (Å²) in [6.07, 6.45) is 4.14. The van der Waals surface area contributed by atoms with E-state index in [1.54, 1.807) is 6.20 Å². The molecule has 0 aromatic carbocycles. The fraction of sp³-hybridized carbons (Fsp3) is 0.538. The highest BCUT2D eigenvalue weighted by atomic mass is 32.2. The van der Waals surface area contributed by atoms with Gasteiger partial charge in [0.15, 0.2) is 4.34 Å². The van der Waals surface area contributed by atoms with E-state index in [4.69, 9.17) is 0 Å². The SMILES string of the molecule is CN1CCCC(CS(=O)c2nc3cccnc3s2)C1. The Hall–Kier alpha value is -0.850. The fourth-order valence-corrected chi connectivity index (χ4v) is 5.04. The summed E-state index contributed by atoms with van der Waals surface area (Å²) in [5.74, 6) is 1.25. The number of likely N-dealkylation sites (tertiary alicyclic amines) is 1. The van der Waals surface area contributed by atoms with Gasteiger partial charge in [0.05, 0.1) is 10.8 Å². The van der Waals surface area contributed by atoms with Crippen LogP contribution >= 0.6 is 11.3 Å². The second-order valence-corrected chi connectivity index (χ2v) is 7.74. The highest BCUT2D eigenvalue weighted by Crippen LogP contribution is 2.24. The summed E-state index contributed by atoms with van der Waals surface area (Å²) < 4.78 is 13.1. The van der Waals surface area contributed by atoms with Gasteiger partial charge in [0.25, 0.3) is 0 Å². The van der Waals surface area contributed by atoms with Crippen molar-refractivity contribution in [3.63, 3.8) is 0 Å². The van der Waals surface area contributed by atoms with Crippen LogP contribution in [-0.2, 0) is 10.8 Å². The Morgan fingerprint density at radius 2 is 2.47 bits per heavy atom. The molecule has 6 heteroatoms. The highest BCUT2D eigenvalue weighted by molar-refractivity contribution is 7.87. The maximum Gasteiger partial charge on any atom is 0.183 e. The van der Waals surface area contributed by atoms with Crippen molar-refractivity contribution < 1.29 is 4.21 Å². The summed E-state index contributed by atoms with van der Waals surface area (Å²) in [4.78, 5) is 11.9. The molecule has 0 spiro atoms. The van der Waals surface area contributed by atoms with E-state index in [1.807, 2.05) is 12.1 Å². The van der Waals surface area contributed by atoms with Crippen LogP contribution in [0.15, 0.2) is 22.7 Å². The molecular formula is C13H17N3OS2. The van der Waals surface area contributed by atoms with Crippen LogP contribution in [0.2, 0.25) is 0 Å². The van der Waals surface area contributed by atoms with E-state index in [2.05, 4.69) is 21.9 Å². The number of aromatic nitrogens is 2. The monoisotopic (exact) mass is 295 g/mol. The average molecular weight is 295 g/mol. The molecule has 1 saturated heterocycles. The van der Waals surface area contributed by atoms with Crippen molar-refractivity contribution in [2.75, 3.05) is 25.9 Å². The lowest BCUT2D eigenvalue weighted by atomic mass is 10.0. The lowest BCUT2D eigenvalue weighted by molar-refractivity contribution is 0.223. The first-order valence-electron chi connectivity index (χ1n) is 6.51. The second kappa shape index (κ2) is 5.64. The van der Waals surface area contributed by atoms with Gasteiger partial charge in [-0.1, -0.05) is 11.3 Å². The molecule has 0 saturated carbocycles. The largest absolute Gasteiger partial charge is 0.306 e. The predicted octanol–water partition coefficient (Wildman–Crippen LogP) is 2.14. The van der Waals surface area contributed by atoms with Gasteiger partial charge in [-0.25, -0.2) is 9.97 Å². The van der Waals surface area contributed by atoms with E-state index < -0.39 is 10.8 Å². The van der Waals surface area contributed by atoms with Crippen LogP contribution in [0.4, 0.5) is 0 Å². The van der Waals surface area contributed by atoms with Crippen molar-refractivity contribution in [1.29, 1.82) is 0 Å². The molecule has 1 aliphatic heterocycles. The quantitative estimate of drug-likeness (QED) is 0.870. The van der Waals surface area contributed by atoms with Gasteiger partial charge in [-0.2, -0.15) is 0 Å². The Labute approximate surface area is 119 Å². The molecule has 0 aliphatic carbocycles. The Kier molecular flexibility index (Phi) is 3.91. The molecule has 0 amide bonds. The number of hydrogen-bond donors (Lipinski definition) is 0. The Morgan fingerprint density at radius 3 is 3.26 bits per heavy atom. The van der Waals surface area contributed by atoms with Crippen molar-refractivity contribution in [1.82, 2.24) is 14.9 Å². The summed E-state index contributed by atoms with van der Waals surface area (Å²) in [6.45, 7) is 2.21. The molecule has 2 aromatic heterocycles. The number of hydrogen-bond acceptors (Lipinski definition) is 5. The van der Waals surface area contributed by atoms with Gasteiger partial charge in [0.1, 0.15) is 10.3 Å². The average Bonchev–Trinajstić information content (AvgIpc) is 2.82. The van der Waals surface area contributed by atoms with Gasteiger partial charge in [0, 0.05) is 18.5 Å².